The van der Waals surface area contributed by atoms with Gasteiger partial charge >= 0.3 is 0 Å². The maximum atomic E-state index is 12.2. The molecular formula is C11H8BrIN4OS. The van der Waals surface area contributed by atoms with Gasteiger partial charge in [-0.1, -0.05) is 28.1 Å². The lowest BCUT2D eigenvalue weighted by atomic mass is 10.2. The smallest absolute Gasteiger partial charge is 0.257 e. The number of halogens is 2. The lowest BCUT2D eigenvalue weighted by molar-refractivity contribution is 0.102. The number of aromatic nitrogens is 2. The van der Waals surface area contributed by atoms with Crippen LogP contribution in [0.15, 0.2) is 28.9 Å². The Morgan fingerprint density at radius 3 is 2.89 bits per heavy atom. The minimum Gasteiger partial charge on any atom is -0.389 e. The summed E-state index contributed by atoms with van der Waals surface area (Å²) in [5, 5.41) is 9.18. The summed E-state index contributed by atoms with van der Waals surface area (Å²) in [5.74, 6) is 0.140. The number of amides is 1. The van der Waals surface area contributed by atoms with E-state index >= 15 is 0 Å². The molecule has 8 heteroatoms. The van der Waals surface area contributed by atoms with Gasteiger partial charge < -0.3 is 11.1 Å². The highest BCUT2D eigenvalue weighted by Crippen LogP contribution is 2.20. The van der Waals surface area contributed by atoms with Crippen LogP contribution in [0.3, 0.4) is 0 Å². The second-order valence-electron chi connectivity index (χ2n) is 3.60. The molecule has 0 atom stereocenters. The largest absolute Gasteiger partial charge is 0.389 e. The normalized spacial score (nSPS) is 10.2. The van der Waals surface area contributed by atoms with E-state index in [-0.39, 0.29) is 10.9 Å². The van der Waals surface area contributed by atoms with Crippen LogP contribution in [0.25, 0.3) is 0 Å². The minimum absolute atomic E-state index is 0.174. The Morgan fingerprint density at radius 2 is 2.21 bits per heavy atom. The zero-order valence-corrected chi connectivity index (χ0v) is 14.0. The van der Waals surface area contributed by atoms with Crippen LogP contribution in [0.4, 0.5) is 5.82 Å². The summed E-state index contributed by atoms with van der Waals surface area (Å²) in [7, 11) is 0. The highest BCUT2D eigenvalue weighted by atomic mass is 127. The number of benzene rings is 1. The quantitative estimate of drug-likeness (QED) is 0.495. The fraction of sp³-hybridized carbons (Fsp3) is 0. The van der Waals surface area contributed by atoms with Gasteiger partial charge in [0.05, 0.1) is 17.3 Å². The number of aromatic amines is 1. The van der Waals surface area contributed by atoms with Gasteiger partial charge in [0.15, 0.2) is 0 Å². The predicted octanol–water partition coefficient (Wildman–Crippen LogP) is 2.66. The first kappa shape index (κ1) is 14.4. The number of carbonyl (C=O) groups excluding carboxylic acids is 1. The molecule has 98 valence electrons. The number of hydrogen-bond acceptors (Lipinski definition) is 3. The van der Waals surface area contributed by atoms with Crippen LogP contribution in [0.5, 0.6) is 0 Å². The van der Waals surface area contributed by atoms with Gasteiger partial charge in [0, 0.05) is 8.04 Å². The number of hydrogen-bond donors (Lipinski definition) is 3. The topological polar surface area (TPSA) is 83.8 Å². The zero-order chi connectivity index (χ0) is 14.0. The molecule has 0 saturated heterocycles. The molecule has 5 nitrogen and oxygen atoms in total. The van der Waals surface area contributed by atoms with E-state index in [9.17, 15) is 4.79 Å². The van der Waals surface area contributed by atoms with Gasteiger partial charge in [0.2, 0.25) is 0 Å². The van der Waals surface area contributed by atoms with Crippen molar-refractivity contribution < 1.29 is 4.79 Å². The number of anilines is 1. The third-order valence-electron chi connectivity index (χ3n) is 2.32. The summed E-state index contributed by atoms with van der Waals surface area (Å²) in [5.41, 5.74) is 6.60. The summed E-state index contributed by atoms with van der Waals surface area (Å²) >= 11 is 10.3. The average Bonchev–Trinajstić information content (AvgIpc) is 2.80. The van der Waals surface area contributed by atoms with E-state index in [4.69, 9.17) is 18.0 Å². The number of nitrogens with two attached hydrogens (primary N) is 1. The molecule has 1 aromatic heterocycles. The van der Waals surface area contributed by atoms with E-state index in [1.165, 1.54) is 6.20 Å². The highest BCUT2D eigenvalue weighted by Gasteiger charge is 2.15. The van der Waals surface area contributed by atoms with Crippen molar-refractivity contribution in [2.45, 2.75) is 0 Å². The fourth-order valence-electron chi connectivity index (χ4n) is 1.42. The maximum absolute atomic E-state index is 12.2. The van der Waals surface area contributed by atoms with Crippen molar-refractivity contribution in [1.82, 2.24) is 10.2 Å². The van der Waals surface area contributed by atoms with Crippen LogP contribution in [-0.4, -0.2) is 21.1 Å². The second-order valence-corrected chi connectivity index (χ2v) is 6.12. The molecule has 2 aromatic rings. The Hall–Kier alpha value is -1.000. The molecule has 1 heterocycles. The van der Waals surface area contributed by atoms with Crippen LogP contribution >= 0.6 is 50.7 Å². The Morgan fingerprint density at radius 1 is 1.47 bits per heavy atom. The van der Waals surface area contributed by atoms with Gasteiger partial charge in [0.25, 0.3) is 5.91 Å². The van der Waals surface area contributed by atoms with Crippen LogP contribution in [-0.2, 0) is 0 Å². The number of nitrogens with one attached hydrogen (secondary N) is 2. The maximum Gasteiger partial charge on any atom is 0.257 e. The van der Waals surface area contributed by atoms with Crippen molar-refractivity contribution in [3.8, 4) is 0 Å². The van der Waals surface area contributed by atoms with Crippen LogP contribution in [0.1, 0.15) is 15.9 Å². The van der Waals surface area contributed by atoms with E-state index in [1.807, 2.05) is 12.1 Å². The predicted molar refractivity (Wildman–Crippen MR) is 89.3 cm³/mol. The van der Waals surface area contributed by atoms with Crippen molar-refractivity contribution in [2.24, 2.45) is 5.73 Å². The summed E-state index contributed by atoms with van der Waals surface area (Å²) in [4.78, 5) is 12.4. The van der Waals surface area contributed by atoms with E-state index in [0.717, 1.165) is 8.04 Å². The van der Waals surface area contributed by atoms with Crippen LogP contribution < -0.4 is 11.1 Å². The van der Waals surface area contributed by atoms with Gasteiger partial charge in [-0.15, -0.1) is 0 Å². The van der Waals surface area contributed by atoms with Crippen molar-refractivity contribution >= 4 is 67.5 Å². The molecule has 19 heavy (non-hydrogen) atoms. The van der Waals surface area contributed by atoms with Gasteiger partial charge in [-0.25, -0.2) is 0 Å². The van der Waals surface area contributed by atoms with Crippen molar-refractivity contribution in [3.05, 3.63) is 43.6 Å². The highest BCUT2D eigenvalue weighted by molar-refractivity contribution is 14.1. The molecule has 1 aromatic carbocycles. The molecule has 0 bridgehead atoms. The van der Waals surface area contributed by atoms with Crippen LogP contribution in [0.2, 0.25) is 0 Å². The Balaban J connectivity index is 2.28. The molecule has 4 N–H and O–H groups in total. The lowest BCUT2D eigenvalue weighted by Crippen LogP contribution is -2.17. The molecule has 0 radical (unpaired) electrons. The molecular weight excluding hydrogens is 443 g/mol. The van der Waals surface area contributed by atoms with Gasteiger partial charge in [0.1, 0.15) is 10.8 Å². The summed E-state index contributed by atoms with van der Waals surface area (Å²) in [6, 6.07) is 5.46. The van der Waals surface area contributed by atoms with E-state index in [2.05, 4.69) is 54.0 Å². The second kappa shape index (κ2) is 5.97. The van der Waals surface area contributed by atoms with E-state index in [0.29, 0.717) is 16.9 Å². The zero-order valence-electron chi connectivity index (χ0n) is 9.41. The molecule has 1 amide bonds. The first-order valence-electron chi connectivity index (χ1n) is 5.08. The van der Waals surface area contributed by atoms with Crippen molar-refractivity contribution in [2.75, 3.05) is 5.32 Å². The molecule has 0 spiro atoms. The molecule has 0 aliphatic carbocycles. The molecule has 0 fully saturated rings. The average molecular weight is 451 g/mol. The summed E-state index contributed by atoms with van der Waals surface area (Å²) in [6.45, 7) is 0. The molecule has 0 aliphatic rings. The lowest BCUT2D eigenvalue weighted by Gasteiger charge is -2.07. The third kappa shape index (κ3) is 3.31. The number of H-pyrrole nitrogens is 1. The number of rotatable bonds is 3. The van der Waals surface area contributed by atoms with Crippen molar-refractivity contribution in [1.29, 1.82) is 0 Å². The first-order valence-corrected chi connectivity index (χ1v) is 7.36. The van der Waals surface area contributed by atoms with Crippen LogP contribution in [0, 0.1) is 3.57 Å². The van der Waals surface area contributed by atoms with Gasteiger partial charge in [-0.3, -0.25) is 9.89 Å². The third-order valence-corrected chi connectivity index (χ3v) is 3.97. The number of thiocarbonyl (C=S) groups is 1. The fourth-order valence-corrected chi connectivity index (χ4v) is 2.52. The van der Waals surface area contributed by atoms with Crippen molar-refractivity contribution in [3.63, 3.8) is 0 Å². The minimum atomic E-state index is -0.257. The van der Waals surface area contributed by atoms with E-state index < -0.39 is 0 Å². The summed E-state index contributed by atoms with van der Waals surface area (Å²) in [6.07, 6.45) is 1.48. The molecule has 0 unspecified atom stereocenters. The standard InChI is InChI=1S/C11H8BrIN4OS/c12-5-1-2-8(13)6(3-5)11(18)16-10-7(9(14)19)4-15-17-10/h1-4H,(H2,14,19)(H2,15,16,17,18). The van der Waals surface area contributed by atoms with Gasteiger partial charge in [-0.2, -0.15) is 5.10 Å². The summed E-state index contributed by atoms with van der Waals surface area (Å²) < 4.78 is 1.67. The van der Waals surface area contributed by atoms with Gasteiger partial charge in [-0.05, 0) is 40.8 Å². The first-order chi connectivity index (χ1) is 8.99. The molecule has 0 saturated carbocycles. The van der Waals surface area contributed by atoms with E-state index in [1.54, 1.807) is 6.07 Å². The Labute approximate surface area is 136 Å². The monoisotopic (exact) mass is 450 g/mol. The number of carbonyl (C=O) groups is 1. The Kier molecular flexibility index (Phi) is 4.53. The Bertz CT molecular complexity index is 658. The SMILES string of the molecule is NC(=S)c1cn[nH]c1NC(=O)c1cc(Br)ccc1I. The molecule has 2 rings (SSSR count). The molecule has 0 aliphatic heterocycles. The number of nitrogens with zero attached hydrogens (tertiary/aromatic N) is 1.